The van der Waals surface area contributed by atoms with Crippen LogP contribution < -0.4 is 10.1 Å². The molecule has 0 fully saturated rings. The average Bonchev–Trinajstić information content (AvgIpc) is 2.29. The maximum absolute atomic E-state index is 11.2. The Morgan fingerprint density at radius 3 is 2.82 bits per heavy atom. The summed E-state index contributed by atoms with van der Waals surface area (Å²) in [6.07, 6.45) is 0. The molecule has 4 heteroatoms. The molecular formula is C13H19NO3. The number of para-hydroxylation sites is 1. The molecule has 4 nitrogen and oxygen atoms in total. The van der Waals surface area contributed by atoms with Crippen molar-refractivity contribution in [1.82, 2.24) is 5.32 Å². The number of benzene rings is 1. The van der Waals surface area contributed by atoms with Gasteiger partial charge in [0.05, 0.1) is 6.61 Å². The fourth-order valence-electron chi connectivity index (χ4n) is 1.58. The van der Waals surface area contributed by atoms with Crippen LogP contribution in [-0.4, -0.2) is 26.2 Å². The highest BCUT2D eigenvalue weighted by Crippen LogP contribution is 2.23. The number of nitrogens with one attached hydrogen (secondary N) is 1. The van der Waals surface area contributed by atoms with Gasteiger partial charge in [-0.15, -0.1) is 0 Å². The van der Waals surface area contributed by atoms with Gasteiger partial charge in [-0.05, 0) is 26.5 Å². The number of rotatable bonds is 6. The van der Waals surface area contributed by atoms with Crippen LogP contribution in [0.5, 0.6) is 5.75 Å². The molecule has 0 heterocycles. The first kappa shape index (κ1) is 13.5. The topological polar surface area (TPSA) is 47.6 Å². The molecule has 0 aromatic heterocycles. The lowest BCUT2D eigenvalue weighted by Gasteiger charge is -2.13. The van der Waals surface area contributed by atoms with Gasteiger partial charge < -0.3 is 14.8 Å². The van der Waals surface area contributed by atoms with E-state index in [1.807, 2.05) is 32.2 Å². The highest BCUT2D eigenvalue weighted by atomic mass is 16.6. The fraction of sp³-hybridized carbons (Fsp3) is 0.462. The van der Waals surface area contributed by atoms with E-state index in [1.165, 1.54) is 0 Å². The van der Waals surface area contributed by atoms with E-state index in [0.717, 1.165) is 16.9 Å². The Morgan fingerprint density at radius 1 is 1.41 bits per heavy atom. The maximum Gasteiger partial charge on any atom is 0.344 e. The van der Waals surface area contributed by atoms with Crippen LogP contribution in [0.3, 0.4) is 0 Å². The van der Waals surface area contributed by atoms with Gasteiger partial charge in [0.15, 0.2) is 6.61 Å². The molecule has 0 saturated heterocycles. The largest absolute Gasteiger partial charge is 0.481 e. The Hall–Kier alpha value is -1.55. The summed E-state index contributed by atoms with van der Waals surface area (Å²) in [5.74, 6) is 0.418. The van der Waals surface area contributed by atoms with Crippen molar-refractivity contribution in [3.05, 3.63) is 29.3 Å². The molecule has 0 aliphatic heterocycles. The minimum atomic E-state index is -0.342. The quantitative estimate of drug-likeness (QED) is 0.764. The highest BCUT2D eigenvalue weighted by molar-refractivity contribution is 5.71. The van der Waals surface area contributed by atoms with E-state index >= 15 is 0 Å². The summed E-state index contributed by atoms with van der Waals surface area (Å²) in [6.45, 7) is 4.77. The number of hydrogen-bond acceptors (Lipinski definition) is 4. The minimum Gasteiger partial charge on any atom is -0.481 e. The molecule has 1 aromatic carbocycles. The Balaban J connectivity index is 2.71. The van der Waals surface area contributed by atoms with E-state index in [0.29, 0.717) is 13.2 Å². The van der Waals surface area contributed by atoms with Gasteiger partial charge in [0.25, 0.3) is 0 Å². The second-order valence-electron chi connectivity index (χ2n) is 3.69. The predicted octanol–water partition coefficient (Wildman–Crippen LogP) is 1.66. The SMILES string of the molecule is CCOC(=O)COc1c(C)cccc1CNC. The van der Waals surface area contributed by atoms with Crippen molar-refractivity contribution < 1.29 is 14.3 Å². The van der Waals surface area contributed by atoms with E-state index in [1.54, 1.807) is 6.92 Å². The monoisotopic (exact) mass is 237 g/mol. The van der Waals surface area contributed by atoms with Gasteiger partial charge in [-0.25, -0.2) is 4.79 Å². The number of aryl methyl sites for hydroxylation is 1. The molecule has 0 saturated carbocycles. The van der Waals surface area contributed by atoms with Crippen molar-refractivity contribution in [2.24, 2.45) is 0 Å². The second-order valence-corrected chi connectivity index (χ2v) is 3.69. The smallest absolute Gasteiger partial charge is 0.344 e. The van der Waals surface area contributed by atoms with Crippen LogP contribution in [0.4, 0.5) is 0 Å². The molecule has 17 heavy (non-hydrogen) atoms. The van der Waals surface area contributed by atoms with Gasteiger partial charge in [-0.2, -0.15) is 0 Å². The molecule has 0 aliphatic carbocycles. The van der Waals surface area contributed by atoms with Crippen molar-refractivity contribution in [1.29, 1.82) is 0 Å². The molecule has 0 amide bonds. The third kappa shape index (κ3) is 4.07. The summed E-state index contributed by atoms with van der Waals surface area (Å²) in [5.41, 5.74) is 2.05. The van der Waals surface area contributed by atoms with Crippen LogP contribution in [0.2, 0.25) is 0 Å². The summed E-state index contributed by atoms with van der Waals surface area (Å²) in [6, 6.07) is 5.91. The molecule has 0 aliphatic rings. The van der Waals surface area contributed by atoms with Crippen LogP contribution in [-0.2, 0) is 16.1 Å². The van der Waals surface area contributed by atoms with Gasteiger partial charge >= 0.3 is 5.97 Å². The summed E-state index contributed by atoms with van der Waals surface area (Å²) in [4.78, 5) is 11.2. The van der Waals surface area contributed by atoms with E-state index < -0.39 is 0 Å². The Morgan fingerprint density at radius 2 is 2.18 bits per heavy atom. The normalized spacial score (nSPS) is 10.1. The van der Waals surface area contributed by atoms with Crippen LogP contribution in [0.15, 0.2) is 18.2 Å². The number of ether oxygens (including phenoxy) is 2. The molecule has 1 aromatic rings. The summed E-state index contributed by atoms with van der Waals surface area (Å²) in [5, 5.41) is 3.07. The Labute approximate surface area is 102 Å². The molecule has 94 valence electrons. The molecule has 0 atom stereocenters. The fourth-order valence-corrected chi connectivity index (χ4v) is 1.58. The standard InChI is InChI=1S/C13H19NO3/c1-4-16-12(15)9-17-13-10(2)6-5-7-11(13)8-14-3/h5-7,14H,4,8-9H2,1-3H3. The number of carbonyl (C=O) groups is 1. The second kappa shape index (κ2) is 6.91. The van der Waals surface area contributed by atoms with Crippen LogP contribution >= 0.6 is 0 Å². The molecule has 1 rings (SSSR count). The molecule has 0 spiro atoms. The molecule has 0 unspecified atom stereocenters. The predicted molar refractivity (Wildman–Crippen MR) is 66.1 cm³/mol. The lowest BCUT2D eigenvalue weighted by molar-refractivity contribution is -0.145. The molecule has 0 radical (unpaired) electrons. The zero-order valence-electron chi connectivity index (χ0n) is 10.6. The van der Waals surface area contributed by atoms with Crippen LogP contribution in [0, 0.1) is 6.92 Å². The first-order chi connectivity index (χ1) is 8.19. The van der Waals surface area contributed by atoms with Crippen molar-refractivity contribution in [3.8, 4) is 5.75 Å². The zero-order chi connectivity index (χ0) is 12.7. The Bertz CT molecular complexity index is 377. The van der Waals surface area contributed by atoms with Gasteiger partial charge in [0.1, 0.15) is 5.75 Å². The van der Waals surface area contributed by atoms with Crippen molar-refractivity contribution in [2.45, 2.75) is 20.4 Å². The van der Waals surface area contributed by atoms with E-state index in [9.17, 15) is 4.79 Å². The number of carbonyl (C=O) groups excluding carboxylic acids is 1. The molecule has 1 N–H and O–H groups in total. The van der Waals surface area contributed by atoms with Gasteiger partial charge in [0.2, 0.25) is 0 Å². The Kier molecular flexibility index (Phi) is 5.49. The maximum atomic E-state index is 11.2. The highest BCUT2D eigenvalue weighted by Gasteiger charge is 2.09. The molecular weight excluding hydrogens is 218 g/mol. The lowest BCUT2D eigenvalue weighted by atomic mass is 10.1. The van der Waals surface area contributed by atoms with E-state index in [4.69, 9.17) is 9.47 Å². The third-order valence-electron chi connectivity index (χ3n) is 2.30. The van der Waals surface area contributed by atoms with Crippen molar-refractivity contribution in [2.75, 3.05) is 20.3 Å². The minimum absolute atomic E-state index is 0.0462. The first-order valence-electron chi connectivity index (χ1n) is 5.70. The lowest BCUT2D eigenvalue weighted by Crippen LogP contribution is -2.16. The first-order valence-corrected chi connectivity index (χ1v) is 5.70. The summed E-state index contributed by atoms with van der Waals surface area (Å²) >= 11 is 0. The molecule has 0 bridgehead atoms. The van der Waals surface area contributed by atoms with Crippen LogP contribution in [0.25, 0.3) is 0 Å². The van der Waals surface area contributed by atoms with Crippen molar-refractivity contribution >= 4 is 5.97 Å². The van der Waals surface area contributed by atoms with E-state index in [2.05, 4.69) is 5.32 Å². The van der Waals surface area contributed by atoms with Gasteiger partial charge in [-0.3, -0.25) is 0 Å². The third-order valence-corrected chi connectivity index (χ3v) is 2.30. The van der Waals surface area contributed by atoms with E-state index in [-0.39, 0.29) is 12.6 Å². The van der Waals surface area contributed by atoms with Crippen molar-refractivity contribution in [3.63, 3.8) is 0 Å². The van der Waals surface area contributed by atoms with Gasteiger partial charge in [-0.1, -0.05) is 18.2 Å². The summed E-state index contributed by atoms with van der Waals surface area (Å²) < 4.78 is 10.3. The summed E-state index contributed by atoms with van der Waals surface area (Å²) in [7, 11) is 1.87. The van der Waals surface area contributed by atoms with Crippen LogP contribution in [0.1, 0.15) is 18.1 Å². The number of esters is 1. The average molecular weight is 237 g/mol. The van der Waals surface area contributed by atoms with Gasteiger partial charge in [0, 0.05) is 12.1 Å². The number of hydrogen-bond donors (Lipinski definition) is 1. The zero-order valence-corrected chi connectivity index (χ0v) is 10.6.